The zero-order chi connectivity index (χ0) is 14.0. The first-order chi connectivity index (χ1) is 9.00. The first-order valence-corrected chi connectivity index (χ1v) is 5.58. The van der Waals surface area contributed by atoms with Gasteiger partial charge in [0.2, 0.25) is 0 Å². The van der Waals surface area contributed by atoms with E-state index < -0.39 is 23.2 Å². The second-order valence-corrected chi connectivity index (χ2v) is 4.05. The highest BCUT2D eigenvalue weighted by Gasteiger charge is 2.17. The number of carbonyl (C=O) groups excluding carboxylic acids is 1. The van der Waals surface area contributed by atoms with Crippen molar-refractivity contribution in [1.82, 2.24) is 0 Å². The fraction of sp³-hybridized carbons (Fsp3) is 0.0714. The molecule has 98 valence electrons. The third-order valence-corrected chi connectivity index (χ3v) is 2.77. The molecule has 0 aliphatic rings. The number of nitrogens with two attached hydrogens (primary N) is 1. The number of nitrogens with zero attached hydrogens (tertiary/aromatic N) is 1. The number of rotatable bonds is 2. The van der Waals surface area contributed by atoms with Crippen LogP contribution in [0.3, 0.4) is 0 Å². The van der Waals surface area contributed by atoms with Gasteiger partial charge in [0.25, 0.3) is 5.91 Å². The second-order valence-electron chi connectivity index (χ2n) is 4.05. The number of hydrogen-bond acceptors (Lipinski definition) is 2. The van der Waals surface area contributed by atoms with E-state index in [2.05, 4.69) is 0 Å². The number of nitrogen functional groups attached to an aromatic ring is 1. The summed E-state index contributed by atoms with van der Waals surface area (Å²) in [6.07, 6.45) is 0. The van der Waals surface area contributed by atoms with Gasteiger partial charge in [-0.3, -0.25) is 4.79 Å². The highest BCUT2D eigenvalue weighted by Crippen LogP contribution is 2.20. The summed E-state index contributed by atoms with van der Waals surface area (Å²) in [7, 11) is 1.53. The highest BCUT2D eigenvalue weighted by molar-refractivity contribution is 6.05. The molecule has 2 rings (SSSR count). The maximum atomic E-state index is 13.3. The van der Waals surface area contributed by atoms with Crippen LogP contribution in [0.5, 0.6) is 0 Å². The van der Waals surface area contributed by atoms with Gasteiger partial charge in [-0.2, -0.15) is 0 Å². The van der Waals surface area contributed by atoms with Crippen molar-refractivity contribution in [2.24, 2.45) is 0 Å². The normalized spacial score (nSPS) is 10.3. The van der Waals surface area contributed by atoms with Crippen molar-refractivity contribution in [2.75, 3.05) is 17.7 Å². The van der Waals surface area contributed by atoms with Crippen LogP contribution in [0.25, 0.3) is 0 Å². The van der Waals surface area contributed by atoms with Gasteiger partial charge >= 0.3 is 0 Å². The zero-order valence-electron chi connectivity index (χ0n) is 10.2. The van der Waals surface area contributed by atoms with E-state index in [1.54, 1.807) is 24.3 Å². The minimum atomic E-state index is -0.940. The number of hydrogen-bond donors (Lipinski definition) is 1. The standard InChI is InChI=1S/C14H12F2N2O/c1-18(10-5-3-2-4-6-10)14(19)9-7-11(15)13(17)12(16)8-9/h2-8H,17H2,1H3. The summed E-state index contributed by atoms with van der Waals surface area (Å²) in [6, 6.07) is 10.7. The Labute approximate surface area is 109 Å². The molecule has 0 aliphatic heterocycles. The van der Waals surface area contributed by atoms with Gasteiger partial charge in [0.15, 0.2) is 0 Å². The molecule has 0 heterocycles. The van der Waals surface area contributed by atoms with Crippen molar-refractivity contribution in [1.29, 1.82) is 0 Å². The molecule has 2 N–H and O–H groups in total. The monoisotopic (exact) mass is 262 g/mol. The molecule has 2 aromatic rings. The Bertz CT molecular complexity index is 591. The Hall–Kier alpha value is -2.43. The maximum Gasteiger partial charge on any atom is 0.258 e. The Kier molecular flexibility index (Phi) is 3.46. The van der Waals surface area contributed by atoms with Crippen molar-refractivity contribution in [3.63, 3.8) is 0 Å². The van der Waals surface area contributed by atoms with Crippen LogP contribution >= 0.6 is 0 Å². The molecule has 2 aromatic carbocycles. The second kappa shape index (κ2) is 5.06. The summed E-state index contributed by atoms with van der Waals surface area (Å²) in [4.78, 5) is 13.4. The average molecular weight is 262 g/mol. The Morgan fingerprint density at radius 3 is 2.16 bits per heavy atom. The summed E-state index contributed by atoms with van der Waals surface area (Å²) >= 11 is 0. The first-order valence-electron chi connectivity index (χ1n) is 5.58. The molecule has 0 saturated heterocycles. The van der Waals surface area contributed by atoms with E-state index in [4.69, 9.17) is 5.73 Å². The van der Waals surface area contributed by atoms with Crippen LogP contribution in [0.2, 0.25) is 0 Å². The Morgan fingerprint density at radius 1 is 1.11 bits per heavy atom. The van der Waals surface area contributed by atoms with E-state index in [1.165, 1.54) is 11.9 Å². The van der Waals surface area contributed by atoms with Crippen molar-refractivity contribution < 1.29 is 13.6 Å². The molecule has 5 heteroatoms. The van der Waals surface area contributed by atoms with E-state index in [9.17, 15) is 13.6 Å². The van der Waals surface area contributed by atoms with Gasteiger partial charge in [0.05, 0.1) is 0 Å². The SMILES string of the molecule is CN(C(=O)c1cc(F)c(N)c(F)c1)c1ccccc1. The number of para-hydroxylation sites is 1. The van der Waals surface area contributed by atoms with Crippen LogP contribution in [-0.4, -0.2) is 13.0 Å². The average Bonchev–Trinajstić information content (AvgIpc) is 2.43. The van der Waals surface area contributed by atoms with Gasteiger partial charge < -0.3 is 10.6 Å². The van der Waals surface area contributed by atoms with Crippen LogP contribution in [0, 0.1) is 11.6 Å². The van der Waals surface area contributed by atoms with Gasteiger partial charge in [0.1, 0.15) is 17.3 Å². The van der Waals surface area contributed by atoms with Crippen molar-refractivity contribution in [2.45, 2.75) is 0 Å². The first kappa shape index (κ1) is 13.0. The molecular weight excluding hydrogens is 250 g/mol. The molecule has 3 nitrogen and oxygen atoms in total. The zero-order valence-corrected chi connectivity index (χ0v) is 10.2. The third kappa shape index (κ3) is 2.54. The molecule has 0 aliphatic carbocycles. The summed E-state index contributed by atoms with van der Waals surface area (Å²) in [5.41, 5.74) is 5.12. The lowest BCUT2D eigenvalue weighted by Gasteiger charge is -2.17. The van der Waals surface area contributed by atoms with Gasteiger partial charge in [-0.1, -0.05) is 18.2 Å². The predicted octanol–water partition coefficient (Wildman–Crippen LogP) is 2.82. The smallest absolute Gasteiger partial charge is 0.258 e. The van der Waals surface area contributed by atoms with Crippen molar-refractivity contribution in [3.8, 4) is 0 Å². The molecule has 0 unspecified atom stereocenters. The van der Waals surface area contributed by atoms with Gasteiger partial charge in [-0.15, -0.1) is 0 Å². The largest absolute Gasteiger partial charge is 0.394 e. The molecule has 0 spiro atoms. The Balaban J connectivity index is 2.35. The molecule has 0 radical (unpaired) electrons. The highest BCUT2D eigenvalue weighted by atomic mass is 19.1. The lowest BCUT2D eigenvalue weighted by atomic mass is 10.1. The third-order valence-electron chi connectivity index (χ3n) is 2.77. The van der Waals surface area contributed by atoms with Crippen LogP contribution < -0.4 is 10.6 Å². The summed E-state index contributed by atoms with van der Waals surface area (Å²) in [6.45, 7) is 0. The van der Waals surface area contributed by atoms with Crippen LogP contribution in [-0.2, 0) is 0 Å². The predicted molar refractivity (Wildman–Crippen MR) is 69.9 cm³/mol. The molecule has 1 amide bonds. The fourth-order valence-corrected chi connectivity index (χ4v) is 1.67. The lowest BCUT2D eigenvalue weighted by Crippen LogP contribution is -2.26. The summed E-state index contributed by atoms with van der Waals surface area (Å²) < 4.78 is 26.7. The number of benzene rings is 2. The van der Waals surface area contributed by atoms with Crippen molar-refractivity contribution >= 4 is 17.3 Å². The molecule has 0 saturated carbocycles. The molecule has 0 atom stereocenters. The molecular formula is C14H12F2N2O. The molecule has 0 bridgehead atoms. The van der Waals surface area contributed by atoms with Gasteiger partial charge in [-0.05, 0) is 24.3 Å². The van der Waals surface area contributed by atoms with E-state index in [1.807, 2.05) is 6.07 Å². The Morgan fingerprint density at radius 2 is 1.63 bits per heavy atom. The topological polar surface area (TPSA) is 46.3 Å². The summed E-state index contributed by atoms with van der Waals surface area (Å²) in [5, 5.41) is 0. The quantitative estimate of drug-likeness (QED) is 0.846. The lowest BCUT2D eigenvalue weighted by molar-refractivity contribution is 0.0992. The number of halogens is 2. The van der Waals surface area contributed by atoms with Crippen molar-refractivity contribution in [3.05, 3.63) is 59.7 Å². The maximum absolute atomic E-state index is 13.3. The number of carbonyl (C=O) groups is 1. The van der Waals surface area contributed by atoms with Crippen LogP contribution in [0.15, 0.2) is 42.5 Å². The van der Waals surface area contributed by atoms with Gasteiger partial charge in [-0.25, -0.2) is 8.78 Å². The minimum Gasteiger partial charge on any atom is -0.394 e. The van der Waals surface area contributed by atoms with E-state index in [0.29, 0.717) is 5.69 Å². The van der Waals surface area contributed by atoms with Crippen LogP contribution in [0.4, 0.5) is 20.2 Å². The molecule has 0 aromatic heterocycles. The minimum absolute atomic E-state index is 0.0875. The number of amides is 1. The molecule has 19 heavy (non-hydrogen) atoms. The summed E-state index contributed by atoms with van der Waals surface area (Å²) in [5.74, 6) is -2.39. The molecule has 0 fully saturated rings. The van der Waals surface area contributed by atoms with E-state index >= 15 is 0 Å². The van der Waals surface area contributed by atoms with E-state index in [-0.39, 0.29) is 5.56 Å². The fourth-order valence-electron chi connectivity index (χ4n) is 1.67. The van der Waals surface area contributed by atoms with Gasteiger partial charge in [0, 0.05) is 18.3 Å². The number of anilines is 2. The van der Waals surface area contributed by atoms with E-state index in [0.717, 1.165) is 12.1 Å². The van der Waals surface area contributed by atoms with Crippen LogP contribution in [0.1, 0.15) is 10.4 Å².